The minimum absolute atomic E-state index is 0.186. The number of ether oxygens (including phenoxy) is 1. The molecule has 1 heterocycles. The molecule has 2 N–H and O–H groups in total. The molecule has 0 aromatic heterocycles. The molecule has 20 heavy (non-hydrogen) atoms. The lowest BCUT2D eigenvalue weighted by molar-refractivity contribution is -0.169. The summed E-state index contributed by atoms with van der Waals surface area (Å²) in [5.41, 5.74) is -1.57. The molecular weight excluding hydrogens is 256 g/mol. The van der Waals surface area contributed by atoms with Crippen LogP contribution in [0.1, 0.15) is 37.8 Å². The van der Waals surface area contributed by atoms with Gasteiger partial charge in [0, 0.05) is 5.56 Å². The van der Waals surface area contributed by atoms with Crippen LogP contribution < -0.4 is 10.1 Å². The van der Waals surface area contributed by atoms with Crippen molar-refractivity contribution in [2.75, 3.05) is 7.05 Å². The summed E-state index contributed by atoms with van der Waals surface area (Å²) in [5, 5.41) is 22.7. The van der Waals surface area contributed by atoms with Crippen molar-refractivity contribution in [3.63, 3.8) is 0 Å². The molecule has 2 rings (SSSR count). The predicted octanol–water partition coefficient (Wildman–Crippen LogP) is 1.31. The zero-order valence-corrected chi connectivity index (χ0v) is 12.0. The molecule has 0 fully saturated rings. The van der Waals surface area contributed by atoms with Crippen LogP contribution in [0.15, 0.2) is 18.2 Å². The van der Waals surface area contributed by atoms with Crippen LogP contribution in [-0.2, 0) is 4.79 Å². The monoisotopic (exact) mass is 274 g/mol. The lowest BCUT2D eigenvalue weighted by atomic mass is 9.73. The Hall–Kier alpha value is -1.90. The standard InChI is InChI=1S/C15H18N2O3/c1-9(18)13-11-7-10(8-16)5-6-12(11)20-14(2,3)15(13,19)17-4/h5-7,13,17,19H,1-4H3. The Morgan fingerprint density at radius 3 is 2.65 bits per heavy atom. The molecule has 5 heteroatoms. The van der Waals surface area contributed by atoms with Crippen LogP contribution in [0.4, 0.5) is 0 Å². The number of hydrogen-bond donors (Lipinski definition) is 2. The predicted molar refractivity (Wildman–Crippen MR) is 73.3 cm³/mol. The quantitative estimate of drug-likeness (QED) is 0.795. The first-order chi connectivity index (χ1) is 9.26. The highest BCUT2D eigenvalue weighted by Gasteiger charge is 2.56. The zero-order valence-electron chi connectivity index (χ0n) is 12.0. The average molecular weight is 274 g/mol. The Bertz CT molecular complexity index is 604. The van der Waals surface area contributed by atoms with E-state index in [-0.39, 0.29) is 5.78 Å². The van der Waals surface area contributed by atoms with Crippen LogP contribution in [0.2, 0.25) is 0 Å². The van der Waals surface area contributed by atoms with Gasteiger partial charge in [0.15, 0.2) is 5.72 Å². The summed E-state index contributed by atoms with van der Waals surface area (Å²) in [7, 11) is 1.58. The van der Waals surface area contributed by atoms with Crippen molar-refractivity contribution in [2.24, 2.45) is 0 Å². The number of carbonyl (C=O) groups excluding carboxylic acids is 1. The first kappa shape index (κ1) is 14.5. The number of hydrogen-bond acceptors (Lipinski definition) is 5. The highest BCUT2D eigenvalue weighted by atomic mass is 16.5. The van der Waals surface area contributed by atoms with Crippen molar-refractivity contribution >= 4 is 5.78 Å². The first-order valence-electron chi connectivity index (χ1n) is 6.41. The second-order valence-electron chi connectivity index (χ2n) is 5.54. The summed E-state index contributed by atoms with van der Waals surface area (Å²) in [6, 6.07) is 6.93. The molecule has 0 amide bonds. The number of likely N-dealkylation sites (N-methyl/N-ethyl adjacent to an activating group) is 1. The van der Waals surface area contributed by atoms with Crippen molar-refractivity contribution < 1.29 is 14.6 Å². The number of carbonyl (C=O) groups is 1. The second kappa shape index (κ2) is 4.58. The molecule has 0 saturated carbocycles. The summed E-state index contributed by atoms with van der Waals surface area (Å²) in [4.78, 5) is 12.1. The second-order valence-corrected chi connectivity index (χ2v) is 5.54. The van der Waals surface area contributed by atoms with E-state index in [2.05, 4.69) is 5.32 Å². The first-order valence-corrected chi connectivity index (χ1v) is 6.41. The van der Waals surface area contributed by atoms with E-state index in [0.29, 0.717) is 16.9 Å². The number of aliphatic hydroxyl groups is 1. The molecule has 106 valence electrons. The van der Waals surface area contributed by atoms with Gasteiger partial charge in [0.2, 0.25) is 0 Å². The van der Waals surface area contributed by atoms with E-state index >= 15 is 0 Å². The molecule has 5 nitrogen and oxygen atoms in total. The lowest BCUT2D eigenvalue weighted by Crippen LogP contribution is -2.68. The number of ketones is 1. The number of nitrogens with zero attached hydrogens (tertiary/aromatic N) is 1. The Balaban J connectivity index is 2.72. The maximum atomic E-state index is 12.1. The maximum Gasteiger partial charge on any atom is 0.169 e. The van der Waals surface area contributed by atoms with Crippen LogP contribution in [-0.4, -0.2) is 29.3 Å². The Morgan fingerprint density at radius 1 is 1.50 bits per heavy atom. The van der Waals surface area contributed by atoms with Crippen molar-refractivity contribution in [1.29, 1.82) is 5.26 Å². The van der Waals surface area contributed by atoms with E-state index < -0.39 is 17.2 Å². The maximum absolute atomic E-state index is 12.1. The fourth-order valence-electron chi connectivity index (χ4n) is 2.82. The van der Waals surface area contributed by atoms with Crippen LogP contribution in [0, 0.1) is 11.3 Å². The third-order valence-electron chi connectivity index (χ3n) is 3.94. The number of rotatable bonds is 2. The van der Waals surface area contributed by atoms with Gasteiger partial charge in [-0.1, -0.05) is 0 Å². The number of nitriles is 1. The molecule has 0 bridgehead atoms. The van der Waals surface area contributed by atoms with E-state index in [9.17, 15) is 9.90 Å². The SMILES string of the molecule is CNC1(O)C(C(C)=O)c2cc(C#N)ccc2OC1(C)C. The van der Waals surface area contributed by atoms with Crippen LogP contribution in [0.5, 0.6) is 5.75 Å². The van der Waals surface area contributed by atoms with Crippen LogP contribution in [0.3, 0.4) is 0 Å². The molecule has 0 saturated heterocycles. The van der Waals surface area contributed by atoms with Gasteiger partial charge in [0.05, 0.1) is 17.6 Å². The molecule has 1 aromatic carbocycles. The molecule has 2 unspecified atom stereocenters. The third kappa shape index (κ3) is 1.89. The van der Waals surface area contributed by atoms with Crippen LogP contribution >= 0.6 is 0 Å². The van der Waals surface area contributed by atoms with Gasteiger partial charge in [0.25, 0.3) is 0 Å². The fraction of sp³-hybridized carbons (Fsp3) is 0.467. The molecule has 2 atom stereocenters. The third-order valence-corrected chi connectivity index (χ3v) is 3.94. The topological polar surface area (TPSA) is 82.4 Å². The largest absolute Gasteiger partial charge is 0.483 e. The molecule has 1 aliphatic heterocycles. The summed E-state index contributed by atoms with van der Waals surface area (Å²) in [6.45, 7) is 4.87. The van der Waals surface area contributed by atoms with Crippen molar-refractivity contribution in [2.45, 2.75) is 38.0 Å². The summed E-state index contributed by atoms with van der Waals surface area (Å²) in [6.07, 6.45) is 0. The van der Waals surface area contributed by atoms with Gasteiger partial charge in [0.1, 0.15) is 17.1 Å². The van der Waals surface area contributed by atoms with Gasteiger partial charge in [-0.25, -0.2) is 0 Å². The van der Waals surface area contributed by atoms with Crippen molar-refractivity contribution in [3.8, 4) is 11.8 Å². The van der Waals surface area contributed by atoms with Gasteiger partial charge in [-0.3, -0.25) is 10.1 Å². The molecule has 0 spiro atoms. The normalized spacial score (nSPS) is 27.1. The number of benzene rings is 1. The van der Waals surface area contributed by atoms with E-state index in [1.54, 1.807) is 39.1 Å². The van der Waals surface area contributed by atoms with Gasteiger partial charge in [-0.15, -0.1) is 0 Å². The van der Waals surface area contributed by atoms with Crippen molar-refractivity contribution in [3.05, 3.63) is 29.3 Å². The molecule has 1 aromatic rings. The Labute approximate surface area is 118 Å². The number of Topliss-reactive ketones (excluding diaryl/α,β-unsaturated/α-hetero) is 1. The highest BCUT2D eigenvalue weighted by molar-refractivity contribution is 5.86. The van der Waals surface area contributed by atoms with Crippen LogP contribution in [0.25, 0.3) is 0 Å². The number of fused-ring (bicyclic) bond motifs is 1. The smallest absolute Gasteiger partial charge is 0.169 e. The van der Waals surface area contributed by atoms with Gasteiger partial charge >= 0.3 is 0 Å². The Morgan fingerprint density at radius 2 is 2.15 bits per heavy atom. The van der Waals surface area contributed by atoms with Gasteiger partial charge < -0.3 is 9.84 Å². The van der Waals surface area contributed by atoms with E-state index in [1.165, 1.54) is 6.92 Å². The summed E-state index contributed by atoms with van der Waals surface area (Å²) >= 11 is 0. The summed E-state index contributed by atoms with van der Waals surface area (Å²) < 4.78 is 5.83. The Kier molecular flexibility index (Phi) is 3.32. The fourth-order valence-corrected chi connectivity index (χ4v) is 2.82. The lowest BCUT2D eigenvalue weighted by Gasteiger charge is -2.50. The molecular formula is C15H18N2O3. The minimum atomic E-state index is -1.54. The zero-order chi connectivity index (χ0) is 15.1. The van der Waals surface area contributed by atoms with E-state index in [1.807, 2.05) is 6.07 Å². The average Bonchev–Trinajstić information content (AvgIpc) is 2.38. The van der Waals surface area contributed by atoms with Gasteiger partial charge in [-0.05, 0) is 46.0 Å². The number of nitrogens with one attached hydrogen (secondary N) is 1. The van der Waals surface area contributed by atoms with Gasteiger partial charge in [-0.2, -0.15) is 5.26 Å². The van der Waals surface area contributed by atoms with E-state index in [0.717, 1.165) is 0 Å². The minimum Gasteiger partial charge on any atom is -0.483 e. The molecule has 0 radical (unpaired) electrons. The summed E-state index contributed by atoms with van der Waals surface area (Å²) in [5.74, 6) is -0.455. The highest BCUT2D eigenvalue weighted by Crippen LogP contribution is 2.46. The van der Waals surface area contributed by atoms with Crippen molar-refractivity contribution in [1.82, 2.24) is 5.32 Å². The molecule has 0 aliphatic carbocycles. The van der Waals surface area contributed by atoms with E-state index in [4.69, 9.17) is 10.00 Å². The molecule has 1 aliphatic rings.